The Morgan fingerprint density at radius 1 is 0.927 bits per heavy atom. The number of fused-ring (bicyclic) bond motifs is 2. The number of benzene rings is 2. The second-order valence-electron chi connectivity index (χ2n) is 16.3. The number of ether oxygens (including phenoxy) is 1. The molecular formula is C42H54N4O7S2. The van der Waals surface area contributed by atoms with E-state index in [-0.39, 0.29) is 19.4 Å². The van der Waals surface area contributed by atoms with E-state index < -0.39 is 73.0 Å². The Balaban J connectivity index is 1.37. The number of allylic oxidation sites excluding steroid dienone is 1. The highest BCUT2D eigenvalue weighted by Crippen LogP contribution is 2.50. The highest BCUT2D eigenvalue weighted by Gasteiger charge is 2.62. The molecule has 11 nitrogen and oxygen atoms in total. The zero-order chi connectivity index (χ0) is 39.4. The Labute approximate surface area is 329 Å². The van der Waals surface area contributed by atoms with Crippen LogP contribution in [0.1, 0.15) is 90.5 Å². The normalized spacial score (nSPS) is 28.2. The van der Waals surface area contributed by atoms with Crippen molar-refractivity contribution >= 4 is 45.6 Å². The van der Waals surface area contributed by atoms with Gasteiger partial charge >= 0.3 is 6.09 Å². The van der Waals surface area contributed by atoms with Gasteiger partial charge in [-0.2, -0.15) is 0 Å². The molecule has 13 heteroatoms. The molecule has 0 radical (unpaired) electrons. The number of carbonyl (C=O) groups excluding carboxylic acids is 4. The van der Waals surface area contributed by atoms with Crippen molar-refractivity contribution in [2.24, 2.45) is 5.92 Å². The van der Waals surface area contributed by atoms with Crippen LogP contribution in [-0.2, 0) is 33.9 Å². The maximum atomic E-state index is 14.9. The first kappa shape index (κ1) is 40.6. The van der Waals surface area contributed by atoms with Gasteiger partial charge in [0.1, 0.15) is 23.2 Å². The molecule has 5 atom stereocenters. The third-order valence-corrected chi connectivity index (χ3v) is 14.2. The highest BCUT2D eigenvalue weighted by molar-refractivity contribution is 8.00. The van der Waals surface area contributed by atoms with Crippen LogP contribution in [0.4, 0.5) is 4.79 Å². The lowest BCUT2D eigenvalue weighted by molar-refractivity contribution is -0.141. The fraction of sp³-hybridized carbons (Fsp3) is 0.524. The monoisotopic (exact) mass is 790 g/mol. The van der Waals surface area contributed by atoms with E-state index in [1.807, 2.05) is 30.3 Å². The number of thioether (sulfide) groups is 1. The lowest BCUT2D eigenvalue weighted by Crippen LogP contribution is -2.58. The summed E-state index contributed by atoms with van der Waals surface area (Å²) in [7, 11) is -3.89. The molecule has 4 amide bonds. The second kappa shape index (κ2) is 16.6. The summed E-state index contributed by atoms with van der Waals surface area (Å²) < 4.78 is 32.7. The number of hydrogen-bond acceptors (Lipinski definition) is 8. The van der Waals surface area contributed by atoms with Crippen LogP contribution in [0.15, 0.2) is 79.4 Å². The van der Waals surface area contributed by atoms with Gasteiger partial charge in [0.05, 0.1) is 10.00 Å². The molecule has 0 spiro atoms. The van der Waals surface area contributed by atoms with E-state index in [1.54, 1.807) is 43.5 Å². The molecule has 0 aromatic heterocycles. The van der Waals surface area contributed by atoms with E-state index in [1.165, 1.54) is 0 Å². The van der Waals surface area contributed by atoms with E-state index in [4.69, 9.17) is 4.74 Å². The van der Waals surface area contributed by atoms with E-state index in [9.17, 15) is 27.6 Å². The fourth-order valence-corrected chi connectivity index (χ4v) is 10.3. The summed E-state index contributed by atoms with van der Waals surface area (Å²) >= 11 is 1.66. The number of nitrogens with one attached hydrogen (secondary N) is 3. The molecule has 3 N–H and O–H groups in total. The smallest absolute Gasteiger partial charge is 0.408 e. The Morgan fingerprint density at radius 3 is 2.27 bits per heavy atom. The highest BCUT2D eigenvalue weighted by atomic mass is 32.2. The Bertz CT molecular complexity index is 1890. The molecule has 55 heavy (non-hydrogen) atoms. The first-order valence-electron chi connectivity index (χ1n) is 19.4. The van der Waals surface area contributed by atoms with E-state index in [2.05, 4.69) is 58.4 Å². The molecule has 3 fully saturated rings. The lowest BCUT2D eigenvalue weighted by atomic mass is 9.93. The van der Waals surface area contributed by atoms with E-state index in [0.29, 0.717) is 31.4 Å². The largest absolute Gasteiger partial charge is 0.444 e. The average Bonchev–Trinajstić information content (AvgIpc) is 4.08. The molecular weight excluding hydrogens is 737 g/mol. The minimum Gasteiger partial charge on any atom is -0.444 e. The number of nitrogens with zero attached hydrogens (tertiary/aromatic N) is 1. The summed E-state index contributed by atoms with van der Waals surface area (Å²) in [6, 6.07) is 16.2. The van der Waals surface area contributed by atoms with Crippen molar-refractivity contribution < 1.29 is 32.3 Å². The van der Waals surface area contributed by atoms with Crippen molar-refractivity contribution in [2.45, 2.75) is 118 Å². The summed E-state index contributed by atoms with van der Waals surface area (Å²) in [5, 5.41) is 5.13. The summed E-state index contributed by atoms with van der Waals surface area (Å²) in [4.78, 5) is 57.9. The summed E-state index contributed by atoms with van der Waals surface area (Å²) in [5.74, 6) is -1.62. The molecule has 2 saturated carbocycles. The van der Waals surface area contributed by atoms with Crippen LogP contribution >= 0.6 is 11.8 Å². The fourth-order valence-electron chi connectivity index (χ4n) is 7.62. The van der Waals surface area contributed by atoms with Crippen LogP contribution < -0.4 is 15.4 Å². The molecule has 4 aliphatic rings. The predicted molar refractivity (Wildman–Crippen MR) is 215 cm³/mol. The van der Waals surface area contributed by atoms with Crippen LogP contribution in [0, 0.1) is 5.92 Å². The second-order valence-corrected chi connectivity index (χ2v) is 19.6. The van der Waals surface area contributed by atoms with Crippen molar-refractivity contribution in [1.82, 2.24) is 20.3 Å². The standard InChI is InChI=1S/C42H54N4O7S2/c1-5-31-26-42(31,38(49)45-55(51,52)33-23-24-33)44-36(47)35-27-41(32-21-19-30(20-22-32)29-16-12-11-13-17-29)28-46(35)37(48)34(43-39(50)53-40(2,3)4)18-14-9-7-6-8-10-15-25-54-41/h5,10-13,15-17,19-22,31,33-35H,1,6-9,14,18,23-28H2,2-4H3,(H,43,50)(H,44,47)(H,45,49)/b15-10+. The minimum atomic E-state index is -3.89. The third kappa shape index (κ3) is 9.65. The Hall–Kier alpha value is -4.10. The van der Waals surface area contributed by atoms with Crippen molar-refractivity contribution in [3.63, 3.8) is 0 Å². The lowest BCUT2D eigenvalue weighted by Gasteiger charge is -2.31. The van der Waals surface area contributed by atoms with Gasteiger partial charge in [0.2, 0.25) is 21.8 Å². The van der Waals surface area contributed by atoms with Crippen LogP contribution in [0.2, 0.25) is 0 Å². The zero-order valence-electron chi connectivity index (χ0n) is 32.1. The first-order chi connectivity index (χ1) is 26.2. The third-order valence-electron chi connectivity index (χ3n) is 10.9. The van der Waals surface area contributed by atoms with Crippen LogP contribution in [0.25, 0.3) is 11.1 Å². The summed E-state index contributed by atoms with van der Waals surface area (Å²) in [6.07, 6.45) is 11.4. The van der Waals surface area contributed by atoms with Crippen LogP contribution in [-0.4, -0.2) is 77.9 Å². The molecule has 2 bridgehead atoms. The number of hydrogen-bond donors (Lipinski definition) is 3. The molecule has 2 aliphatic carbocycles. The maximum absolute atomic E-state index is 14.9. The maximum Gasteiger partial charge on any atom is 0.408 e. The SMILES string of the molecule is C=CC1CC1(NC(=O)C1CC2(c3ccc(-c4ccccc4)cc3)CN1C(=O)C(NC(=O)OC(C)(C)C)CCCCCC/C=C/CS2)C(=O)NS(=O)(=O)C1CC1. The van der Waals surface area contributed by atoms with Crippen molar-refractivity contribution in [2.75, 3.05) is 12.3 Å². The summed E-state index contributed by atoms with van der Waals surface area (Å²) in [5.41, 5.74) is 0.732. The molecule has 2 aromatic rings. The van der Waals surface area contributed by atoms with E-state index in [0.717, 1.165) is 42.4 Å². The first-order valence-corrected chi connectivity index (χ1v) is 22.0. The van der Waals surface area contributed by atoms with Gasteiger partial charge in [-0.3, -0.25) is 19.1 Å². The Kier molecular flexibility index (Phi) is 12.2. The molecule has 1 saturated heterocycles. The number of rotatable bonds is 9. The van der Waals surface area contributed by atoms with Gasteiger partial charge in [-0.25, -0.2) is 13.2 Å². The van der Waals surface area contributed by atoms with Crippen molar-refractivity contribution in [3.8, 4) is 11.1 Å². The predicted octanol–water partition coefficient (Wildman–Crippen LogP) is 6.36. The van der Waals surface area contributed by atoms with E-state index >= 15 is 0 Å². The number of alkyl carbamates (subject to hydrolysis) is 1. The topological polar surface area (TPSA) is 151 Å². The van der Waals surface area contributed by atoms with Crippen molar-refractivity contribution in [1.29, 1.82) is 0 Å². The molecule has 2 heterocycles. The van der Waals surface area contributed by atoms with Crippen molar-refractivity contribution in [3.05, 3.63) is 85.0 Å². The van der Waals surface area contributed by atoms with Gasteiger partial charge in [0.15, 0.2) is 0 Å². The van der Waals surface area contributed by atoms with Gasteiger partial charge in [0, 0.05) is 18.2 Å². The van der Waals surface area contributed by atoms with Gasteiger partial charge in [-0.15, -0.1) is 18.3 Å². The quantitative estimate of drug-likeness (QED) is 0.249. The molecule has 2 aromatic carbocycles. The van der Waals surface area contributed by atoms with Gasteiger partial charge in [0.25, 0.3) is 5.91 Å². The minimum absolute atomic E-state index is 0.166. The van der Waals surface area contributed by atoms with Gasteiger partial charge in [-0.05, 0) is 82.4 Å². The molecule has 6 rings (SSSR count). The Morgan fingerprint density at radius 2 is 1.62 bits per heavy atom. The van der Waals surface area contributed by atoms with Gasteiger partial charge < -0.3 is 20.3 Å². The van der Waals surface area contributed by atoms with Gasteiger partial charge in [-0.1, -0.05) is 92.1 Å². The average molecular weight is 791 g/mol. The molecule has 5 unspecified atom stereocenters. The molecule has 296 valence electrons. The molecule has 2 aliphatic heterocycles. The number of carbonyl (C=O) groups is 4. The number of sulfonamides is 1. The van der Waals surface area contributed by atoms with Crippen LogP contribution in [0.5, 0.6) is 0 Å². The number of amides is 4. The zero-order valence-corrected chi connectivity index (χ0v) is 33.7. The van der Waals surface area contributed by atoms with Crippen LogP contribution in [0.3, 0.4) is 0 Å². The summed E-state index contributed by atoms with van der Waals surface area (Å²) in [6.45, 7) is 9.27.